The summed E-state index contributed by atoms with van der Waals surface area (Å²) < 4.78 is 6.31. The molecule has 0 N–H and O–H groups in total. The quantitative estimate of drug-likeness (QED) is 0.176. The van der Waals surface area contributed by atoms with Crippen LogP contribution in [0.1, 0.15) is 22.3 Å². The number of hydrogen-bond donors (Lipinski definition) is 0. The first kappa shape index (κ1) is 32.6. The van der Waals surface area contributed by atoms with Crippen molar-refractivity contribution in [2.24, 2.45) is 0 Å². The molecule has 9 aromatic carbocycles. The van der Waals surface area contributed by atoms with Crippen LogP contribution in [0.15, 0.2) is 211 Å². The van der Waals surface area contributed by atoms with E-state index < -0.39 is 5.41 Å². The number of nitrogens with zero attached hydrogens (tertiary/aromatic N) is 2. The Morgan fingerprint density at radius 1 is 0.362 bits per heavy atom. The Bertz CT molecular complexity index is 3340. The fourth-order valence-corrected chi connectivity index (χ4v) is 9.56. The lowest BCUT2D eigenvalue weighted by Gasteiger charge is -2.34. The van der Waals surface area contributed by atoms with Crippen molar-refractivity contribution in [3.63, 3.8) is 0 Å². The first-order chi connectivity index (χ1) is 28.7. The summed E-state index contributed by atoms with van der Waals surface area (Å²) in [6.45, 7) is 0. The van der Waals surface area contributed by atoms with Gasteiger partial charge in [0.25, 0.3) is 0 Å². The standard InChI is InChI=1S/C55H34N2O/c1-2-14-41-35(12-1)13-11-19-42(41)36-24-26-37(27-25-36)53-46-18-5-9-22-50(46)56-54(57-53)38-28-30-39(31-29-38)55(48-20-7-3-15-43(48)44-16-4-8-21-49(44)55)40-32-33-52-47(34-40)45-17-6-10-23-51(45)58-52/h1-34H. The molecule has 3 nitrogen and oxygen atoms in total. The Morgan fingerprint density at radius 2 is 0.931 bits per heavy atom. The van der Waals surface area contributed by atoms with Crippen LogP contribution in [0.25, 0.3) is 88.5 Å². The highest BCUT2D eigenvalue weighted by Crippen LogP contribution is 2.56. The molecule has 0 saturated heterocycles. The number of benzene rings is 9. The Balaban J connectivity index is 1.00. The van der Waals surface area contributed by atoms with Crippen LogP contribution >= 0.6 is 0 Å². The van der Waals surface area contributed by atoms with Crippen molar-refractivity contribution in [2.75, 3.05) is 0 Å². The van der Waals surface area contributed by atoms with E-state index in [1.165, 1.54) is 55.3 Å². The van der Waals surface area contributed by atoms with Crippen LogP contribution in [0.3, 0.4) is 0 Å². The number of para-hydroxylation sites is 2. The van der Waals surface area contributed by atoms with Crippen LogP contribution < -0.4 is 0 Å². The molecule has 2 heterocycles. The predicted molar refractivity (Wildman–Crippen MR) is 238 cm³/mol. The average Bonchev–Trinajstić information content (AvgIpc) is 3.82. The van der Waals surface area contributed by atoms with Gasteiger partial charge in [-0.2, -0.15) is 0 Å². The SMILES string of the molecule is c1ccc2c(c1)-c1ccccc1C2(c1ccc(-c2nc(-c3ccc(-c4cccc5ccccc45)cc3)c3ccccc3n2)cc1)c1ccc2oc3ccccc3c2c1. The Morgan fingerprint density at radius 3 is 1.72 bits per heavy atom. The molecule has 0 atom stereocenters. The maximum atomic E-state index is 6.31. The molecule has 0 bridgehead atoms. The lowest BCUT2D eigenvalue weighted by molar-refractivity contribution is 0.668. The second-order valence-electron chi connectivity index (χ2n) is 15.2. The summed E-state index contributed by atoms with van der Waals surface area (Å²) >= 11 is 0. The van der Waals surface area contributed by atoms with Crippen molar-refractivity contribution in [2.45, 2.75) is 5.41 Å². The first-order valence-electron chi connectivity index (χ1n) is 19.8. The highest BCUT2D eigenvalue weighted by molar-refractivity contribution is 6.05. The number of aromatic nitrogens is 2. The minimum atomic E-state index is -0.556. The van der Waals surface area contributed by atoms with Crippen LogP contribution in [0, 0.1) is 0 Å². The largest absolute Gasteiger partial charge is 0.456 e. The third-order valence-corrected chi connectivity index (χ3v) is 12.2. The van der Waals surface area contributed by atoms with Gasteiger partial charge in [-0.1, -0.05) is 182 Å². The summed E-state index contributed by atoms with van der Waals surface area (Å²) in [4.78, 5) is 10.4. The van der Waals surface area contributed by atoms with Gasteiger partial charge in [0.05, 0.1) is 16.6 Å². The van der Waals surface area contributed by atoms with Gasteiger partial charge in [-0.25, -0.2) is 9.97 Å². The van der Waals surface area contributed by atoms with Crippen molar-refractivity contribution in [3.8, 4) is 44.9 Å². The lowest BCUT2D eigenvalue weighted by atomic mass is 9.67. The van der Waals surface area contributed by atoms with Gasteiger partial charge in [0.15, 0.2) is 5.82 Å². The van der Waals surface area contributed by atoms with Crippen LogP contribution in [-0.2, 0) is 5.41 Å². The highest BCUT2D eigenvalue weighted by Gasteiger charge is 2.46. The maximum absolute atomic E-state index is 6.31. The second-order valence-corrected chi connectivity index (χ2v) is 15.2. The van der Waals surface area contributed by atoms with E-state index in [-0.39, 0.29) is 0 Å². The smallest absolute Gasteiger partial charge is 0.160 e. The van der Waals surface area contributed by atoms with E-state index in [4.69, 9.17) is 14.4 Å². The molecule has 11 aromatic rings. The highest BCUT2D eigenvalue weighted by atomic mass is 16.3. The summed E-state index contributed by atoms with van der Waals surface area (Å²) in [5, 5.41) is 5.76. The monoisotopic (exact) mass is 738 g/mol. The molecule has 1 aliphatic carbocycles. The molecule has 3 heteroatoms. The molecule has 0 fully saturated rings. The van der Waals surface area contributed by atoms with Crippen LogP contribution in [-0.4, -0.2) is 9.97 Å². The molecule has 0 unspecified atom stereocenters. The van der Waals surface area contributed by atoms with Gasteiger partial charge in [0, 0.05) is 27.3 Å². The van der Waals surface area contributed by atoms with Crippen LogP contribution in [0.5, 0.6) is 0 Å². The van der Waals surface area contributed by atoms with E-state index in [9.17, 15) is 0 Å². The zero-order chi connectivity index (χ0) is 38.2. The van der Waals surface area contributed by atoms with E-state index in [0.717, 1.165) is 49.7 Å². The Labute approximate surface area is 335 Å². The summed E-state index contributed by atoms with van der Waals surface area (Å²) in [6, 6.07) is 73.9. The van der Waals surface area contributed by atoms with E-state index in [0.29, 0.717) is 5.82 Å². The lowest BCUT2D eigenvalue weighted by Crippen LogP contribution is -2.28. The van der Waals surface area contributed by atoms with E-state index in [1.54, 1.807) is 0 Å². The zero-order valence-corrected chi connectivity index (χ0v) is 31.4. The Kier molecular flexibility index (Phi) is 7.14. The Hall–Kier alpha value is -7.62. The molecule has 1 aliphatic rings. The zero-order valence-electron chi connectivity index (χ0n) is 31.4. The van der Waals surface area contributed by atoms with E-state index in [1.807, 2.05) is 18.2 Å². The molecule has 2 aromatic heterocycles. The van der Waals surface area contributed by atoms with Crippen LogP contribution in [0.2, 0.25) is 0 Å². The van der Waals surface area contributed by atoms with Gasteiger partial charge >= 0.3 is 0 Å². The molecule has 270 valence electrons. The molecule has 0 saturated carbocycles. The molecule has 0 aliphatic heterocycles. The third-order valence-electron chi connectivity index (χ3n) is 12.2. The summed E-state index contributed by atoms with van der Waals surface area (Å²) in [7, 11) is 0. The minimum absolute atomic E-state index is 0.556. The van der Waals surface area contributed by atoms with Gasteiger partial charge in [0.2, 0.25) is 0 Å². The molecular weight excluding hydrogens is 705 g/mol. The van der Waals surface area contributed by atoms with E-state index in [2.05, 4.69) is 188 Å². The fraction of sp³-hybridized carbons (Fsp3) is 0.0182. The molecule has 0 amide bonds. The molecule has 0 spiro atoms. The second kappa shape index (κ2) is 12.7. The average molecular weight is 739 g/mol. The van der Waals surface area contributed by atoms with E-state index >= 15 is 0 Å². The molecule has 12 rings (SSSR count). The number of furan rings is 1. The summed E-state index contributed by atoms with van der Waals surface area (Å²) in [5.74, 6) is 0.700. The number of fused-ring (bicyclic) bond motifs is 8. The third kappa shape index (κ3) is 4.80. The van der Waals surface area contributed by atoms with Crippen molar-refractivity contribution >= 4 is 43.6 Å². The minimum Gasteiger partial charge on any atom is -0.456 e. The van der Waals surface area contributed by atoms with Gasteiger partial charge in [0.1, 0.15) is 11.2 Å². The van der Waals surface area contributed by atoms with Crippen molar-refractivity contribution in [1.29, 1.82) is 0 Å². The van der Waals surface area contributed by atoms with Crippen LogP contribution in [0.4, 0.5) is 0 Å². The van der Waals surface area contributed by atoms with Gasteiger partial charge in [-0.05, 0) is 79.5 Å². The maximum Gasteiger partial charge on any atom is 0.160 e. The number of rotatable bonds is 5. The normalized spacial score (nSPS) is 13.0. The topological polar surface area (TPSA) is 38.9 Å². The predicted octanol–water partition coefficient (Wildman–Crippen LogP) is 14.0. The first-order valence-corrected chi connectivity index (χ1v) is 19.8. The molecule has 0 radical (unpaired) electrons. The van der Waals surface area contributed by atoms with Gasteiger partial charge in [-0.15, -0.1) is 0 Å². The summed E-state index contributed by atoms with van der Waals surface area (Å²) in [5.41, 5.74) is 14.9. The van der Waals surface area contributed by atoms with Gasteiger partial charge < -0.3 is 4.42 Å². The fourth-order valence-electron chi connectivity index (χ4n) is 9.56. The molecule has 58 heavy (non-hydrogen) atoms. The van der Waals surface area contributed by atoms with Crippen molar-refractivity contribution in [1.82, 2.24) is 9.97 Å². The number of hydrogen-bond acceptors (Lipinski definition) is 3. The molecular formula is C55H34N2O. The summed E-state index contributed by atoms with van der Waals surface area (Å²) in [6.07, 6.45) is 0. The van der Waals surface area contributed by atoms with Crippen molar-refractivity contribution < 1.29 is 4.42 Å². The van der Waals surface area contributed by atoms with Crippen molar-refractivity contribution in [3.05, 3.63) is 229 Å². The van der Waals surface area contributed by atoms with Gasteiger partial charge in [-0.3, -0.25) is 0 Å².